The Morgan fingerprint density at radius 3 is 2.16 bits per heavy atom. The van der Waals surface area contributed by atoms with Crippen LogP contribution in [0.4, 0.5) is 0 Å². The first-order valence-corrected chi connectivity index (χ1v) is 5.86. The summed E-state index contributed by atoms with van der Waals surface area (Å²) in [5.41, 5.74) is 2.36. The number of nitrogens with one attached hydrogen (secondary N) is 1. The fraction of sp³-hybridized carbons (Fsp3) is 0.286. The molecule has 0 unspecified atom stereocenters. The van der Waals surface area contributed by atoms with E-state index in [9.17, 15) is 4.79 Å². The number of aromatic amines is 1. The molecule has 1 aromatic carbocycles. The summed E-state index contributed by atoms with van der Waals surface area (Å²) in [6.45, 7) is 3.67. The van der Waals surface area contributed by atoms with E-state index in [2.05, 4.69) is 9.97 Å². The predicted octanol–water partition coefficient (Wildman–Crippen LogP) is 2.07. The maximum absolute atomic E-state index is 12.0. The smallest absolute Gasteiger partial charge is 0.274 e. The van der Waals surface area contributed by atoms with Crippen molar-refractivity contribution in [1.82, 2.24) is 9.97 Å². The van der Waals surface area contributed by atoms with E-state index in [1.54, 1.807) is 32.4 Å². The number of hydrogen-bond acceptors (Lipinski definition) is 4. The van der Waals surface area contributed by atoms with Crippen molar-refractivity contribution in [2.24, 2.45) is 0 Å². The molecule has 0 aliphatic carbocycles. The third-order valence-electron chi connectivity index (χ3n) is 2.96. The van der Waals surface area contributed by atoms with Gasteiger partial charge < -0.3 is 14.5 Å². The van der Waals surface area contributed by atoms with E-state index < -0.39 is 0 Å². The summed E-state index contributed by atoms with van der Waals surface area (Å²) >= 11 is 0. The minimum Gasteiger partial charge on any atom is -0.497 e. The van der Waals surface area contributed by atoms with Crippen LogP contribution in [0, 0.1) is 13.8 Å². The van der Waals surface area contributed by atoms with Crippen LogP contribution in [0.15, 0.2) is 23.0 Å². The Morgan fingerprint density at radius 1 is 1.05 bits per heavy atom. The average Bonchev–Trinajstić information content (AvgIpc) is 2.42. The zero-order chi connectivity index (χ0) is 14.0. The topological polar surface area (TPSA) is 64.2 Å². The SMILES string of the molecule is COc1cc(OC)cc(-c2nc(C)c(C)[nH]c2=O)c1. The highest BCUT2D eigenvalue weighted by Gasteiger charge is 2.10. The lowest BCUT2D eigenvalue weighted by Crippen LogP contribution is -2.14. The van der Waals surface area contributed by atoms with Gasteiger partial charge in [0.25, 0.3) is 5.56 Å². The van der Waals surface area contributed by atoms with Crippen molar-refractivity contribution in [1.29, 1.82) is 0 Å². The molecule has 2 rings (SSSR count). The molecule has 0 fully saturated rings. The number of ether oxygens (including phenoxy) is 2. The molecule has 0 aliphatic rings. The highest BCUT2D eigenvalue weighted by Crippen LogP contribution is 2.27. The van der Waals surface area contributed by atoms with Crippen molar-refractivity contribution in [2.75, 3.05) is 14.2 Å². The van der Waals surface area contributed by atoms with E-state index in [4.69, 9.17) is 9.47 Å². The van der Waals surface area contributed by atoms with Gasteiger partial charge in [0.2, 0.25) is 0 Å². The van der Waals surface area contributed by atoms with E-state index in [1.165, 1.54) is 0 Å². The largest absolute Gasteiger partial charge is 0.497 e. The summed E-state index contributed by atoms with van der Waals surface area (Å²) in [5, 5.41) is 0. The van der Waals surface area contributed by atoms with Crippen molar-refractivity contribution in [3.63, 3.8) is 0 Å². The molecule has 0 amide bonds. The molecule has 5 heteroatoms. The first kappa shape index (κ1) is 13.1. The van der Waals surface area contributed by atoms with Crippen LogP contribution in [0.3, 0.4) is 0 Å². The Hall–Kier alpha value is -2.30. The maximum Gasteiger partial charge on any atom is 0.274 e. The van der Waals surface area contributed by atoms with Gasteiger partial charge in [0.1, 0.15) is 17.2 Å². The van der Waals surface area contributed by atoms with Gasteiger partial charge >= 0.3 is 0 Å². The number of rotatable bonds is 3. The molecule has 1 aromatic heterocycles. The van der Waals surface area contributed by atoms with Crippen molar-refractivity contribution in [2.45, 2.75) is 13.8 Å². The quantitative estimate of drug-likeness (QED) is 0.917. The van der Waals surface area contributed by atoms with Crippen LogP contribution >= 0.6 is 0 Å². The molecule has 0 aliphatic heterocycles. The Labute approximate surface area is 111 Å². The molecular formula is C14H16N2O3. The van der Waals surface area contributed by atoms with Crippen LogP contribution in [0.25, 0.3) is 11.3 Å². The fourth-order valence-corrected chi connectivity index (χ4v) is 1.76. The van der Waals surface area contributed by atoms with Crippen molar-refractivity contribution in [3.8, 4) is 22.8 Å². The first-order chi connectivity index (χ1) is 9.05. The molecule has 0 saturated heterocycles. The zero-order valence-corrected chi connectivity index (χ0v) is 11.4. The van der Waals surface area contributed by atoms with E-state index in [1.807, 2.05) is 13.8 Å². The Kier molecular flexibility index (Phi) is 3.55. The molecule has 2 aromatic rings. The number of hydrogen-bond donors (Lipinski definition) is 1. The minimum atomic E-state index is -0.224. The second-order valence-electron chi connectivity index (χ2n) is 4.23. The summed E-state index contributed by atoms with van der Waals surface area (Å²) in [5.74, 6) is 1.24. The van der Waals surface area contributed by atoms with E-state index >= 15 is 0 Å². The molecule has 0 bridgehead atoms. The normalized spacial score (nSPS) is 10.3. The third-order valence-corrected chi connectivity index (χ3v) is 2.96. The minimum absolute atomic E-state index is 0.224. The van der Waals surface area contributed by atoms with Crippen LogP contribution in [0.2, 0.25) is 0 Å². The average molecular weight is 260 g/mol. The fourth-order valence-electron chi connectivity index (χ4n) is 1.76. The van der Waals surface area contributed by atoms with Crippen molar-refractivity contribution < 1.29 is 9.47 Å². The van der Waals surface area contributed by atoms with Gasteiger partial charge in [-0.1, -0.05) is 0 Å². The van der Waals surface area contributed by atoms with Crippen LogP contribution < -0.4 is 15.0 Å². The Balaban J connectivity index is 2.64. The van der Waals surface area contributed by atoms with Gasteiger partial charge in [0, 0.05) is 17.3 Å². The number of aromatic nitrogens is 2. The third kappa shape index (κ3) is 2.59. The predicted molar refractivity (Wildman–Crippen MR) is 72.9 cm³/mol. The van der Waals surface area contributed by atoms with Crippen LogP contribution in [-0.4, -0.2) is 24.2 Å². The van der Waals surface area contributed by atoms with E-state index in [0.717, 1.165) is 11.4 Å². The number of benzene rings is 1. The van der Waals surface area contributed by atoms with Crippen LogP contribution in [0.5, 0.6) is 11.5 Å². The molecule has 0 atom stereocenters. The number of nitrogens with zero attached hydrogens (tertiary/aromatic N) is 1. The zero-order valence-electron chi connectivity index (χ0n) is 11.4. The summed E-state index contributed by atoms with van der Waals surface area (Å²) in [6, 6.07) is 5.27. The molecule has 5 nitrogen and oxygen atoms in total. The van der Waals surface area contributed by atoms with E-state index in [-0.39, 0.29) is 5.56 Å². The van der Waals surface area contributed by atoms with Gasteiger partial charge in [0.05, 0.1) is 19.9 Å². The van der Waals surface area contributed by atoms with Gasteiger partial charge in [-0.15, -0.1) is 0 Å². The molecule has 100 valence electrons. The molecule has 1 heterocycles. The maximum atomic E-state index is 12.0. The Morgan fingerprint density at radius 2 is 1.63 bits per heavy atom. The molecule has 0 saturated carbocycles. The molecule has 1 N–H and O–H groups in total. The van der Waals surface area contributed by atoms with Crippen LogP contribution in [0.1, 0.15) is 11.4 Å². The standard InChI is InChI=1S/C14H16N2O3/c1-8-9(2)16-14(17)13(15-8)10-5-11(18-3)7-12(6-10)19-4/h5-7H,1-4H3,(H,16,17). The lowest BCUT2D eigenvalue weighted by Gasteiger charge is -2.08. The molecular weight excluding hydrogens is 244 g/mol. The molecule has 0 radical (unpaired) electrons. The second-order valence-corrected chi connectivity index (χ2v) is 4.23. The number of aryl methyl sites for hydroxylation is 2. The monoisotopic (exact) mass is 260 g/mol. The summed E-state index contributed by atoms with van der Waals surface area (Å²) in [4.78, 5) is 19.1. The van der Waals surface area contributed by atoms with Crippen LogP contribution in [-0.2, 0) is 0 Å². The van der Waals surface area contributed by atoms with Crippen molar-refractivity contribution >= 4 is 0 Å². The second kappa shape index (κ2) is 5.14. The highest BCUT2D eigenvalue weighted by molar-refractivity contribution is 5.63. The lowest BCUT2D eigenvalue weighted by atomic mass is 10.1. The Bertz CT molecular complexity index is 640. The van der Waals surface area contributed by atoms with E-state index in [0.29, 0.717) is 22.8 Å². The van der Waals surface area contributed by atoms with Gasteiger partial charge in [-0.05, 0) is 26.0 Å². The van der Waals surface area contributed by atoms with Gasteiger partial charge in [-0.2, -0.15) is 0 Å². The van der Waals surface area contributed by atoms with Gasteiger partial charge in [-0.3, -0.25) is 4.79 Å². The molecule has 19 heavy (non-hydrogen) atoms. The molecule has 0 spiro atoms. The number of methoxy groups -OCH3 is 2. The number of H-pyrrole nitrogens is 1. The lowest BCUT2D eigenvalue weighted by molar-refractivity contribution is 0.394. The highest BCUT2D eigenvalue weighted by atomic mass is 16.5. The first-order valence-electron chi connectivity index (χ1n) is 5.86. The summed E-state index contributed by atoms with van der Waals surface area (Å²) < 4.78 is 10.4. The summed E-state index contributed by atoms with van der Waals surface area (Å²) in [7, 11) is 3.13. The van der Waals surface area contributed by atoms with Crippen molar-refractivity contribution in [3.05, 3.63) is 39.9 Å². The van der Waals surface area contributed by atoms with Gasteiger partial charge in [-0.25, -0.2) is 4.98 Å². The summed E-state index contributed by atoms with van der Waals surface area (Å²) in [6.07, 6.45) is 0. The van der Waals surface area contributed by atoms with Gasteiger partial charge in [0.15, 0.2) is 0 Å².